The van der Waals surface area contributed by atoms with Crippen LogP contribution in [0.4, 0.5) is 4.79 Å². The van der Waals surface area contributed by atoms with Gasteiger partial charge < -0.3 is 20.5 Å². The van der Waals surface area contributed by atoms with Gasteiger partial charge in [0.15, 0.2) is 0 Å². The number of aliphatic hydroxyl groups excluding tert-OH is 1. The lowest BCUT2D eigenvalue weighted by Gasteiger charge is -2.39. The molecule has 1 unspecified atom stereocenters. The van der Waals surface area contributed by atoms with Gasteiger partial charge >= 0.3 is 6.09 Å². The molecule has 2 amide bonds. The molecular formula is C19H30N2O4. The summed E-state index contributed by atoms with van der Waals surface area (Å²) in [5.74, 6) is 0.0496. The van der Waals surface area contributed by atoms with Gasteiger partial charge in [-0.3, -0.25) is 4.79 Å². The number of rotatable bonds is 5. The van der Waals surface area contributed by atoms with Gasteiger partial charge in [0.05, 0.1) is 0 Å². The van der Waals surface area contributed by atoms with Gasteiger partial charge in [-0.1, -0.05) is 12.5 Å². The second-order valence-electron chi connectivity index (χ2n) is 8.12. The van der Waals surface area contributed by atoms with Gasteiger partial charge in [-0.25, -0.2) is 4.79 Å². The largest absolute Gasteiger partial charge is 0.444 e. The van der Waals surface area contributed by atoms with Crippen LogP contribution in [0.15, 0.2) is 22.9 Å². The van der Waals surface area contributed by atoms with Crippen LogP contribution in [0.1, 0.15) is 59.8 Å². The number of nitrogens with one attached hydrogen (secondary N) is 2. The highest BCUT2D eigenvalue weighted by atomic mass is 16.6. The molecule has 6 nitrogen and oxygen atoms in total. The van der Waals surface area contributed by atoms with Crippen molar-refractivity contribution in [3.63, 3.8) is 0 Å². The molecule has 0 saturated heterocycles. The van der Waals surface area contributed by atoms with Gasteiger partial charge in [0.25, 0.3) is 0 Å². The predicted molar refractivity (Wildman–Crippen MR) is 95.8 cm³/mol. The maximum atomic E-state index is 11.8. The molecule has 1 heterocycles. The highest BCUT2D eigenvalue weighted by Crippen LogP contribution is 2.45. The number of aliphatic hydroxyl groups is 1. The molecule has 140 valence electrons. The van der Waals surface area contributed by atoms with Crippen molar-refractivity contribution in [2.45, 2.75) is 65.4 Å². The monoisotopic (exact) mass is 350 g/mol. The Balaban J connectivity index is 2.02. The molecule has 1 atom stereocenters. The lowest BCUT2D eigenvalue weighted by Crippen LogP contribution is -2.37. The third-order valence-electron chi connectivity index (χ3n) is 4.73. The molecule has 0 aromatic carbocycles. The van der Waals surface area contributed by atoms with Gasteiger partial charge in [0.1, 0.15) is 5.60 Å². The van der Waals surface area contributed by atoms with Crippen LogP contribution in [0, 0.1) is 5.41 Å². The Kier molecular flexibility index (Phi) is 5.93. The quantitative estimate of drug-likeness (QED) is 0.711. The lowest BCUT2D eigenvalue weighted by molar-refractivity contribution is -0.120. The molecular weight excluding hydrogens is 320 g/mol. The SMILES string of the molecule is CC(C)(C)OC(=O)NCCC1(C)CC2=C(C=C1CCO)NC(=O)CC2. The molecule has 6 heteroatoms. The highest BCUT2D eigenvalue weighted by Gasteiger charge is 2.35. The fourth-order valence-corrected chi connectivity index (χ4v) is 3.45. The summed E-state index contributed by atoms with van der Waals surface area (Å²) < 4.78 is 5.27. The zero-order chi connectivity index (χ0) is 18.7. The zero-order valence-corrected chi connectivity index (χ0v) is 15.7. The van der Waals surface area contributed by atoms with Crippen LogP contribution in [0.3, 0.4) is 0 Å². The summed E-state index contributed by atoms with van der Waals surface area (Å²) >= 11 is 0. The fraction of sp³-hybridized carbons (Fsp3) is 0.684. The van der Waals surface area contributed by atoms with E-state index in [2.05, 4.69) is 17.6 Å². The van der Waals surface area contributed by atoms with E-state index in [0.29, 0.717) is 19.4 Å². The Morgan fingerprint density at radius 1 is 1.40 bits per heavy atom. The summed E-state index contributed by atoms with van der Waals surface area (Å²) in [6.45, 7) is 8.24. The summed E-state index contributed by atoms with van der Waals surface area (Å²) in [5.41, 5.74) is 2.61. The normalized spacial score (nSPS) is 23.6. The second kappa shape index (κ2) is 7.60. The van der Waals surface area contributed by atoms with E-state index in [4.69, 9.17) is 4.74 Å². The van der Waals surface area contributed by atoms with E-state index < -0.39 is 11.7 Å². The van der Waals surface area contributed by atoms with E-state index in [9.17, 15) is 14.7 Å². The first-order valence-electron chi connectivity index (χ1n) is 8.93. The van der Waals surface area contributed by atoms with E-state index in [-0.39, 0.29) is 17.9 Å². The van der Waals surface area contributed by atoms with Crippen molar-refractivity contribution in [2.75, 3.05) is 13.2 Å². The number of hydrogen-bond acceptors (Lipinski definition) is 4. The van der Waals surface area contributed by atoms with Gasteiger partial charge in [0.2, 0.25) is 5.91 Å². The van der Waals surface area contributed by atoms with Gasteiger partial charge in [-0.15, -0.1) is 0 Å². The van der Waals surface area contributed by atoms with E-state index >= 15 is 0 Å². The highest BCUT2D eigenvalue weighted by molar-refractivity contribution is 5.80. The molecule has 0 saturated carbocycles. The van der Waals surface area contributed by atoms with E-state index in [0.717, 1.165) is 30.5 Å². The van der Waals surface area contributed by atoms with Crippen LogP contribution in [0.5, 0.6) is 0 Å². The van der Waals surface area contributed by atoms with Crippen molar-refractivity contribution in [2.24, 2.45) is 5.41 Å². The fourth-order valence-electron chi connectivity index (χ4n) is 3.45. The second-order valence-corrected chi connectivity index (χ2v) is 8.12. The zero-order valence-electron chi connectivity index (χ0n) is 15.7. The van der Waals surface area contributed by atoms with Crippen molar-refractivity contribution in [1.82, 2.24) is 10.6 Å². The maximum Gasteiger partial charge on any atom is 0.407 e. The standard InChI is InChI=1S/C19H30N2O4/c1-18(2,3)25-17(24)20-9-8-19(4)12-13-5-6-16(23)21-15(13)11-14(19)7-10-22/h11,22H,5-10,12H2,1-4H3,(H,20,24)(H,21,23). The molecule has 3 N–H and O–H groups in total. The van der Waals surface area contributed by atoms with Crippen LogP contribution in [0.2, 0.25) is 0 Å². The van der Waals surface area contributed by atoms with E-state index in [1.165, 1.54) is 5.57 Å². The number of allylic oxidation sites excluding steroid dienone is 2. The summed E-state index contributed by atoms with van der Waals surface area (Å²) in [6, 6.07) is 0. The molecule has 0 fully saturated rings. The van der Waals surface area contributed by atoms with Crippen LogP contribution < -0.4 is 10.6 Å². The van der Waals surface area contributed by atoms with Crippen molar-refractivity contribution in [1.29, 1.82) is 0 Å². The number of amides is 2. The van der Waals surface area contributed by atoms with Crippen LogP contribution in [-0.2, 0) is 9.53 Å². The number of alkyl carbamates (subject to hydrolysis) is 1. The predicted octanol–water partition coefficient (Wildman–Crippen LogP) is 2.78. The summed E-state index contributed by atoms with van der Waals surface area (Å²) in [7, 11) is 0. The number of ether oxygens (including phenoxy) is 1. The molecule has 0 aromatic heterocycles. The van der Waals surface area contributed by atoms with Crippen molar-refractivity contribution < 1.29 is 19.4 Å². The Hall–Kier alpha value is -1.82. The van der Waals surface area contributed by atoms with Gasteiger partial charge in [-0.2, -0.15) is 0 Å². The number of carbonyl (C=O) groups is 2. The van der Waals surface area contributed by atoms with E-state index in [1.807, 2.05) is 26.8 Å². The van der Waals surface area contributed by atoms with Gasteiger partial charge in [-0.05, 0) is 63.5 Å². The average molecular weight is 350 g/mol. The molecule has 2 aliphatic rings. The van der Waals surface area contributed by atoms with Crippen LogP contribution in [0.25, 0.3) is 0 Å². The van der Waals surface area contributed by atoms with Gasteiger partial charge in [0, 0.05) is 25.3 Å². The minimum absolute atomic E-state index is 0.0496. The van der Waals surface area contributed by atoms with Crippen LogP contribution >= 0.6 is 0 Å². The maximum absolute atomic E-state index is 11.8. The number of hydrogen-bond donors (Lipinski definition) is 3. The first-order chi connectivity index (χ1) is 11.6. The lowest BCUT2D eigenvalue weighted by atomic mass is 9.68. The molecule has 1 aliphatic heterocycles. The Labute approximate surface area is 149 Å². The molecule has 0 aromatic rings. The van der Waals surface area contributed by atoms with Crippen molar-refractivity contribution >= 4 is 12.0 Å². The first-order valence-corrected chi connectivity index (χ1v) is 8.93. The molecule has 0 spiro atoms. The molecule has 0 radical (unpaired) electrons. The summed E-state index contributed by atoms with van der Waals surface area (Å²) in [5, 5.41) is 15.2. The molecule has 25 heavy (non-hydrogen) atoms. The summed E-state index contributed by atoms with van der Waals surface area (Å²) in [4.78, 5) is 23.5. The first kappa shape index (κ1) is 19.5. The Morgan fingerprint density at radius 3 is 2.76 bits per heavy atom. The minimum Gasteiger partial charge on any atom is -0.444 e. The Bertz CT molecular complexity index is 601. The van der Waals surface area contributed by atoms with Crippen molar-refractivity contribution in [3.8, 4) is 0 Å². The molecule has 2 rings (SSSR count). The Morgan fingerprint density at radius 2 is 2.12 bits per heavy atom. The van der Waals surface area contributed by atoms with Crippen LogP contribution in [-0.4, -0.2) is 35.9 Å². The number of carbonyl (C=O) groups excluding carboxylic acids is 2. The topological polar surface area (TPSA) is 87.7 Å². The third kappa shape index (κ3) is 5.33. The molecule has 0 bridgehead atoms. The molecule has 1 aliphatic carbocycles. The minimum atomic E-state index is -0.513. The van der Waals surface area contributed by atoms with Crippen molar-refractivity contribution in [3.05, 3.63) is 22.9 Å². The summed E-state index contributed by atoms with van der Waals surface area (Å²) in [6.07, 6.45) is 5.06. The average Bonchev–Trinajstić information content (AvgIpc) is 2.47. The third-order valence-corrected chi connectivity index (χ3v) is 4.73. The smallest absolute Gasteiger partial charge is 0.407 e. The van der Waals surface area contributed by atoms with E-state index in [1.54, 1.807) is 0 Å².